The van der Waals surface area contributed by atoms with E-state index in [4.69, 9.17) is 9.47 Å². The van der Waals surface area contributed by atoms with Crippen molar-refractivity contribution in [3.63, 3.8) is 0 Å². The monoisotopic (exact) mass is 486 g/mol. The highest BCUT2D eigenvalue weighted by Gasteiger charge is 2.22. The Morgan fingerprint density at radius 1 is 0.917 bits per heavy atom. The van der Waals surface area contributed by atoms with Gasteiger partial charge in [0, 0.05) is 25.0 Å². The number of hydrogen-bond acceptors (Lipinski definition) is 3. The van der Waals surface area contributed by atoms with Crippen molar-refractivity contribution in [3.05, 3.63) is 101 Å². The molecule has 0 bridgehead atoms. The Labute approximate surface area is 211 Å². The first-order valence-corrected chi connectivity index (χ1v) is 11.8. The van der Waals surface area contributed by atoms with Crippen LogP contribution in [0, 0.1) is 19.7 Å². The van der Waals surface area contributed by atoms with Gasteiger partial charge in [-0.25, -0.2) is 4.39 Å². The van der Waals surface area contributed by atoms with Gasteiger partial charge in [-0.05, 0) is 91.6 Å². The first kappa shape index (κ1) is 25.0. The summed E-state index contributed by atoms with van der Waals surface area (Å²) < 4.78 is 26.4. The molecule has 1 heterocycles. The van der Waals surface area contributed by atoms with Crippen LogP contribution in [0.25, 0.3) is 16.9 Å². The molecule has 5 nitrogen and oxygen atoms in total. The summed E-state index contributed by atoms with van der Waals surface area (Å²) >= 11 is 0. The maximum absolute atomic E-state index is 13.6. The van der Waals surface area contributed by atoms with Gasteiger partial charge in [0.2, 0.25) is 0 Å². The van der Waals surface area contributed by atoms with Crippen molar-refractivity contribution in [1.82, 2.24) is 9.47 Å². The van der Waals surface area contributed by atoms with E-state index < -0.39 is 0 Å². The number of halogens is 1. The Morgan fingerprint density at radius 3 is 2.31 bits per heavy atom. The Morgan fingerprint density at radius 2 is 1.64 bits per heavy atom. The first-order chi connectivity index (χ1) is 17.3. The SMILES string of the molecule is COc1ccc(CCN(C)C(=O)c2cc(-c3ccc(F)cc3)n(-c3cccc(C)c3)c2C)cc1OC. The Hall–Kier alpha value is -4.06. The minimum absolute atomic E-state index is 0.0669. The number of aromatic nitrogens is 1. The van der Waals surface area contributed by atoms with Crippen LogP contribution in [0.4, 0.5) is 4.39 Å². The third kappa shape index (κ3) is 5.13. The molecule has 4 rings (SSSR count). The number of likely N-dealkylation sites (N-methyl/N-ethyl adjacent to an activating group) is 1. The molecule has 1 amide bonds. The van der Waals surface area contributed by atoms with Crippen LogP contribution in [-0.2, 0) is 6.42 Å². The zero-order valence-electron chi connectivity index (χ0n) is 21.3. The summed E-state index contributed by atoms with van der Waals surface area (Å²) in [6.07, 6.45) is 0.672. The number of carbonyl (C=O) groups is 1. The number of amides is 1. The minimum atomic E-state index is -0.296. The number of methoxy groups -OCH3 is 2. The van der Waals surface area contributed by atoms with Gasteiger partial charge in [-0.2, -0.15) is 0 Å². The maximum Gasteiger partial charge on any atom is 0.255 e. The van der Waals surface area contributed by atoms with E-state index in [2.05, 4.69) is 10.6 Å². The molecule has 36 heavy (non-hydrogen) atoms. The summed E-state index contributed by atoms with van der Waals surface area (Å²) in [6, 6.07) is 22.2. The van der Waals surface area contributed by atoms with Gasteiger partial charge in [-0.1, -0.05) is 18.2 Å². The van der Waals surface area contributed by atoms with Crippen LogP contribution in [-0.4, -0.2) is 43.2 Å². The lowest BCUT2D eigenvalue weighted by atomic mass is 10.1. The summed E-state index contributed by atoms with van der Waals surface area (Å²) in [5, 5.41) is 0. The third-order valence-electron chi connectivity index (χ3n) is 6.41. The standard InChI is InChI=1S/C30H31FN2O3/c1-20-7-6-8-25(17-20)33-21(2)26(19-27(33)23-10-12-24(31)13-11-23)30(34)32(3)16-15-22-9-14-28(35-4)29(18-22)36-5/h6-14,17-19H,15-16H2,1-5H3. The second-order valence-corrected chi connectivity index (χ2v) is 8.88. The highest BCUT2D eigenvalue weighted by Crippen LogP contribution is 2.31. The molecule has 0 spiro atoms. The van der Waals surface area contributed by atoms with Crippen molar-refractivity contribution in [2.45, 2.75) is 20.3 Å². The van der Waals surface area contributed by atoms with Gasteiger partial charge in [-0.15, -0.1) is 0 Å². The zero-order valence-corrected chi connectivity index (χ0v) is 21.3. The van der Waals surface area contributed by atoms with E-state index >= 15 is 0 Å². The second kappa shape index (κ2) is 10.7. The van der Waals surface area contributed by atoms with Gasteiger partial charge >= 0.3 is 0 Å². The second-order valence-electron chi connectivity index (χ2n) is 8.88. The molecule has 0 fully saturated rings. The number of hydrogen-bond donors (Lipinski definition) is 0. The van der Waals surface area contributed by atoms with Gasteiger partial charge in [-0.3, -0.25) is 4.79 Å². The van der Waals surface area contributed by atoms with Crippen LogP contribution in [0.2, 0.25) is 0 Å². The molecule has 186 valence electrons. The Bertz CT molecular complexity index is 1380. The lowest BCUT2D eigenvalue weighted by molar-refractivity contribution is 0.0796. The summed E-state index contributed by atoms with van der Waals surface area (Å²) in [7, 11) is 5.02. The van der Waals surface area contributed by atoms with E-state index in [9.17, 15) is 9.18 Å². The minimum Gasteiger partial charge on any atom is -0.493 e. The molecular weight excluding hydrogens is 455 g/mol. The zero-order chi connectivity index (χ0) is 25.8. The summed E-state index contributed by atoms with van der Waals surface area (Å²) in [4.78, 5) is 15.3. The molecule has 0 radical (unpaired) electrons. The smallest absolute Gasteiger partial charge is 0.255 e. The molecule has 0 saturated carbocycles. The van der Waals surface area contributed by atoms with Gasteiger partial charge in [0.15, 0.2) is 11.5 Å². The average molecular weight is 487 g/mol. The van der Waals surface area contributed by atoms with Gasteiger partial charge in [0.25, 0.3) is 5.91 Å². The van der Waals surface area contributed by atoms with Crippen molar-refractivity contribution >= 4 is 5.91 Å². The van der Waals surface area contributed by atoms with E-state index in [0.29, 0.717) is 30.0 Å². The maximum atomic E-state index is 13.6. The van der Waals surface area contributed by atoms with E-state index in [0.717, 1.165) is 33.8 Å². The normalized spacial score (nSPS) is 10.8. The summed E-state index contributed by atoms with van der Waals surface area (Å²) in [5.74, 6) is 0.976. The highest BCUT2D eigenvalue weighted by atomic mass is 19.1. The lowest BCUT2D eigenvalue weighted by Gasteiger charge is -2.18. The molecular formula is C30H31FN2O3. The quantitative estimate of drug-likeness (QED) is 0.296. The molecule has 0 unspecified atom stereocenters. The molecule has 3 aromatic carbocycles. The predicted molar refractivity (Wildman–Crippen MR) is 141 cm³/mol. The molecule has 0 N–H and O–H groups in total. The molecule has 6 heteroatoms. The molecule has 0 aliphatic carbocycles. The Kier molecular flexibility index (Phi) is 7.44. The van der Waals surface area contributed by atoms with Crippen molar-refractivity contribution < 1.29 is 18.7 Å². The van der Waals surface area contributed by atoms with Crippen LogP contribution in [0.15, 0.2) is 72.8 Å². The molecule has 1 aromatic heterocycles. The van der Waals surface area contributed by atoms with Crippen LogP contribution in [0.5, 0.6) is 11.5 Å². The number of benzene rings is 3. The molecule has 0 atom stereocenters. The number of carbonyl (C=O) groups excluding carboxylic acids is 1. The number of ether oxygens (including phenoxy) is 2. The fourth-order valence-electron chi connectivity index (χ4n) is 4.40. The van der Waals surface area contributed by atoms with Crippen LogP contribution in [0.3, 0.4) is 0 Å². The van der Waals surface area contributed by atoms with Crippen molar-refractivity contribution in [2.24, 2.45) is 0 Å². The Balaban J connectivity index is 1.65. The first-order valence-electron chi connectivity index (χ1n) is 11.8. The molecule has 0 aliphatic rings. The van der Waals surface area contributed by atoms with Crippen molar-refractivity contribution in [2.75, 3.05) is 27.8 Å². The molecule has 4 aromatic rings. The molecule has 0 aliphatic heterocycles. The van der Waals surface area contributed by atoms with Crippen molar-refractivity contribution in [3.8, 4) is 28.4 Å². The van der Waals surface area contributed by atoms with E-state index in [-0.39, 0.29) is 11.7 Å². The number of aryl methyl sites for hydroxylation is 1. The summed E-state index contributed by atoms with van der Waals surface area (Å²) in [5.41, 5.74) is 6.26. The van der Waals surface area contributed by atoms with E-state index in [1.165, 1.54) is 12.1 Å². The largest absolute Gasteiger partial charge is 0.493 e. The summed E-state index contributed by atoms with van der Waals surface area (Å²) in [6.45, 7) is 4.52. The van der Waals surface area contributed by atoms with Crippen LogP contribution in [0.1, 0.15) is 27.2 Å². The van der Waals surface area contributed by atoms with Gasteiger partial charge < -0.3 is 18.9 Å². The molecule has 0 saturated heterocycles. The fraction of sp³-hybridized carbons (Fsp3) is 0.233. The van der Waals surface area contributed by atoms with Crippen LogP contribution >= 0.6 is 0 Å². The lowest BCUT2D eigenvalue weighted by Crippen LogP contribution is -2.29. The number of rotatable bonds is 8. The van der Waals surface area contributed by atoms with Gasteiger partial charge in [0.1, 0.15) is 5.82 Å². The van der Waals surface area contributed by atoms with Gasteiger partial charge in [0.05, 0.1) is 25.5 Å². The number of nitrogens with zero attached hydrogens (tertiary/aromatic N) is 2. The topological polar surface area (TPSA) is 43.7 Å². The highest BCUT2D eigenvalue weighted by molar-refractivity contribution is 5.97. The predicted octanol–water partition coefficient (Wildman–Crippen LogP) is 6.23. The van der Waals surface area contributed by atoms with E-state index in [1.54, 1.807) is 31.3 Å². The van der Waals surface area contributed by atoms with Crippen LogP contribution < -0.4 is 9.47 Å². The van der Waals surface area contributed by atoms with Crippen molar-refractivity contribution in [1.29, 1.82) is 0 Å². The van der Waals surface area contributed by atoms with E-state index in [1.807, 2.05) is 63.4 Å². The average Bonchev–Trinajstić information content (AvgIpc) is 3.23. The fourth-order valence-corrected chi connectivity index (χ4v) is 4.40. The third-order valence-corrected chi connectivity index (χ3v) is 6.41.